The number of thioether (sulfide) groups is 1. The molecule has 0 aliphatic heterocycles. The first-order chi connectivity index (χ1) is 14.0. The number of hydrogen-bond donors (Lipinski definition) is 2. The smallest absolute Gasteiger partial charge is 0.232 e. The Kier molecular flexibility index (Phi) is 4.49. The molecule has 1 fully saturated rings. The SMILES string of the molecule is CSc1c(F)c(Cl)c(-c2ccc3nc(NC(=O)C4CC4F)sc3c2)c2cn[nH]c12. The van der Waals surface area contributed by atoms with Gasteiger partial charge in [0.25, 0.3) is 0 Å². The van der Waals surface area contributed by atoms with Crippen molar-refractivity contribution in [1.29, 1.82) is 0 Å². The third-order valence-electron chi connectivity index (χ3n) is 4.91. The quantitative estimate of drug-likeness (QED) is 0.394. The van der Waals surface area contributed by atoms with Crippen LogP contribution in [0, 0.1) is 11.7 Å². The van der Waals surface area contributed by atoms with Gasteiger partial charge < -0.3 is 5.32 Å². The Morgan fingerprint density at radius 1 is 1.45 bits per heavy atom. The molecule has 5 nitrogen and oxygen atoms in total. The topological polar surface area (TPSA) is 70.7 Å². The molecule has 0 spiro atoms. The molecule has 2 aromatic heterocycles. The van der Waals surface area contributed by atoms with E-state index in [0.717, 1.165) is 10.1 Å². The van der Waals surface area contributed by atoms with Gasteiger partial charge >= 0.3 is 0 Å². The molecule has 1 aliphatic carbocycles. The minimum Gasteiger partial charge on any atom is -0.302 e. The minimum atomic E-state index is -1.06. The number of thiazole rings is 1. The van der Waals surface area contributed by atoms with E-state index >= 15 is 0 Å². The van der Waals surface area contributed by atoms with Gasteiger partial charge in [0.1, 0.15) is 6.17 Å². The lowest BCUT2D eigenvalue weighted by Crippen LogP contribution is -2.14. The molecule has 2 N–H and O–H groups in total. The van der Waals surface area contributed by atoms with E-state index < -0.39 is 17.9 Å². The Morgan fingerprint density at radius 3 is 2.97 bits per heavy atom. The Morgan fingerprint density at radius 2 is 2.24 bits per heavy atom. The molecule has 10 heteroatoms. The summed E-state index contributed by atoms with van der Waals surface area (Å²) in [5.41, 5.74) is 2.54. The molecule has 5 rings (SSSR count). The fourth-order valence-electron chi connectivity index (χ4n) is 3.33. The van der Waals surface area contributed by atoms with Crippen LogP contribution in [0.4, 0.5) is 13.9 Å². The van der Waals surface area contributed by atoms with Crippen LogP contribution in [-0.4, -0.2) is 33.5 Å². The predicted octanol–water partition coefficient (Wildman–Crippen LogP) is 5.65. The molecule has 1 saturated carbocycles. The first-order valence-electron chi connectivity index (χ1n) is 8.72. The molecule has 2 unspecified atom stereocenters. The second-order valence-corrected chi connectivity index (χ2v) is 8.97. The highest BCUT2D eigenvalue weighted by Gasteiger charge is 2.43. The number of nitrogens with one attached hydrogen (secondary N) is 2. The Balaban J connectivity index is 1.58. The Hall–Kier alpha value is -2.23. The Bertz CT molecular complexity index is 1290. The van der Waals surface area contributed by atoms with Crippen molar-refractivity contribution in [3.8, 4) is 11.1 Å². The fraction of sp³-hybridized carbons (Fsp3) is 0.211. The number of carbonyl (C=O) groups is 1. The van der Waals surface area contributed by atoms with Crippen LogP contribution in [0.25, 0.3) is 32.2 Å². The maximum absolute atomic E-state index is 14.8. The third-order valence-corrected chi connectivity index (χ3v) is 6.99. The van der Waals surface area contributed by atoms with Gasteiger partial charge in [0, 0.05) is 10.9 Å². The predicted molar refractivity (Wildman–Crippen MR) is 113 cm³/mol. The zero-order valence-electron chi connectivity index (χ0n) is 14.9. The number of aromatic nitrogens is 3. The summed E-state index contributed by atoms with van der Waals surface area (Å²) < 4.78 is 28.7. The summed E-state index contributed by atoms with van der Waals surface area (Å²) in [7, 11) is 0. The van der Waals surface area contributed by atoms with Gasteiger partial charge in [-0.3, -0.25) is 9.89 Å². The van der Waals surface area contributed by atoms with E-state index in [9.17, 15) is 13.6 Å². The van der Waals surface area contributed by atoms with Crippen LogP contribution in [-0.2, 0) is 4.79 Å². The molecule has 1 amide bonds. The number of fused-ring (bicyclic) bond motifs is 2. The summed E-state index contributed by atoms with van der Waals surface area (Å²) in [4.78, 5) is 16.7. The van der Waals surface area contributed by atoms with Crippen molar-refractivity contribution in [1.82, 2.24) is 15.2 Å². The Labute approximate surface area is 176 Å². The standard InChI is InChI=1S/C19H13ClF2N4OS2/c1-28-17-15(22)14(20)13(9-6-23-26-16(9)17)7-2-3-11-12(4-7)29-19(24-11)25-18(27)8-5-10(8)21/h2-4,6,8,10H,5H2,1H3,(H,23,26)(H,24,25,27). The highest BCUT2D eigenvalue weighted by Crippen LogP contribution is 2.43. The summed E-state index contributed by atoms with van der Waals surface area (Å²) in [6.45, 7) is 0. The van der Waals surface area contributed by atoms with Crippen LogP contribution in [0.3, 0.4) is 0 Å². The summed E-state index contributed by atoms with van der Waals surface area (Å²) in [6, 6.07) is 5.44. The number of anilines is 1. The average molecular weight is 451 g/mol. The number of H-pyrrole nitrogens is 1. The van der Waals surface area contributed by atoms with Crippen LogP contribution >= 0.6 is 34.7 Å². The number of nitrogens with zero attached hydrogens (tertiary/aromatic N) is 2. The number of amides is 1. The molecule has 0 bridgehead atoms. The van der Waals surface area contributed by atoms with E-state index in [1.165, 1.54) is 23.1 Å². The van der Waals surface area contributed by atoms with Gasteiger partial charge in [-0.25, -0.2) is 13.8 Å². The van der Waals surface area contributed by atoms with Gasteiger partial charge in [-0.1, -0.05) is 29.0 Å². The molecule has 2 heterocycles. The van der Waals surface area contributed by atoms with Crippen LogP contribution in [0.1, 0.15) is 6.42 Å². The van der Waals surface area contributed by atoms with E-state index in [2.05, 4.69) is 20.5 Å². The summed E-state index contributed by atoms with van der Waals surface area (Å²) in [5.74, 6) is -1.42. The maximum Gasteiger partial charge on any atom is 0.232 e. The summed E-state index contributed by atoms with van der Waals surface area (Å²) in [5, 5.41) is 10.7. The number of benzene rings is 2. The third kappa shape index (κ3) is 3.08. The van der Waals surface area contributed by atoms with E-state index in [1.54, 1.807) is 24.6 Å². The molecule has 2 aromatic carbocycles. The number of aromatic amines is 1. The number of alkyl halides is 1. The van der Waals surface area contributed by atoms with Crippen molar-refractivity contribution in [2.45, 2.75) is 17.5 Å². The normalized spacial score (nSPS) is 18.5. The zero-order chi connectivity index (χ0) is 20.3. The van der Waals surface area contributed by atoms with Crippen LogP contribution in [0.15, 0.2) is 29.3 Å². The molecule has 29 heavy (non-hydrogen) atoms. The van der Waals surface area contributed by atoms with E-state index in [1.807, 2.05) is 6.07 Å². The first-order valence-corrected chi connectivity index (χ1v) is 11.1. The molecule has 0 radical (unpaired) electrons. The van der Waals surface area contributed by atoms with Gasteiger partial charge in [-0.15, -0.1) is 11.8 Å². The van der Waals surface area contributed by atoms with Crippen LogP contribution in [0.5, 0.6) is 0 Å². The van der Waals surface area contributed by atoms with E-state index in [0.29, 0.717) is 32.2 Å². The van der Waals surface area contributed by atoms with Crippen molar-refractivity contribution >= 4 is 66.9 Å². The molecule has 1 aliphatic rings. The molecule has 0 saturated heterocycles. The number of rotatable bonds is 4. The molecule has 4 aromatic rings. The fourth-order valence-corrected chi connectivity index (χ4v) is 5.24. The average Bonchev–Trinajstić information content (AvgIpc) is 3.08. The monoisotopic (exact) mass is 450 g/mol. The van der Waals surface area contributed by atoms with Crippen molar-refractivity contribution in [2.75, 3.05) is 11.6 Å². The van der Waals surface area contributed by atoms with Gasteiger partial charge in [0.05, 0.1) is 37.8 Å². The highest BCUT2D eigenvalue weighted by molar-refractivity contribution is 7.98. The number of carbonyl (C=O) groups excluding carboxylic acids is 1. The van der Waals surface area contributed by atoms with Gasteiger partial charge in [0.2, 0.25) is 5.91 Å². The lowest BCUT2D eigenvalue weighted by Gasteiger charge is -2.11. The van der Waals surface area contributed by atoms with Crippen LogP contribution in [0.2, 0.25) is 5.02 Å². The summed E-state index contributed by atoms with van der Waals surface area (Å²) in [6.07, 6.45) is 2.61. The molecular weight excluding hydrogens is 438 g/mol. The second-order valence-electron chi connectivity index (χ2n) is 6.74. The van der Waals surface area contributed by atoms with Gasteiger partial charge in [0.15, 0.2) is 10.9 Å². The number of halogens is 3. The van der Waals surface area contributed by atoms with Crippen molar-refractivity contribution in [3.63, 3.8) is 0 Å². The van der Waals surface area contributed by atoms with Crippen molar-refractivity contribution in [2.24, 2.45) is 5.92 Å². The largest absolute Gasteiger partial charge is 0.302 e. The number of hydrogen-bond acceptors (Lipinski definition) is 5. The zero-order valence-corrected chi connectivity index (χ0v) is 17.3. The lowest BCUT2D eigenvalue weighted by atomic mass is 10.0. The maximum atomic E-state index is 14.8. The first kappa shape index (κ1) is 18.8. The van der Waals surface area contributed by atoms with Gasteiger partial charge in [-0.2, -0.15) is 5.10 Å². The van der Waals surface area contributed by atoms with Crippen molar-refractivity contribution < 1.29 is 13.6 Å². The highest BCUT2D eigenvalue weighted by atomic mass is 35.5. The van der Waals surface area contributed by atoms with Gasteiger partial charge in [-0.05, 0) is 30.4 Å². The molecule has 148 valence electrons. The lowest BCUT2D eigenvalue weighted by molar-refractivity contribution is -0.117. The molecule has 2 atom stereocenters. The van der Waals surface area contributed by atoms with E-state index in [4.69, 9.17) is 11.6 Å². The minimum absolute atomic E-state index is 0.0309. The second kappa shape index (κ2) is 6.93. The van der Waals surface area contributed by atoms with Crippen molar-refractivity contribution in [3.05, 3.63) is 35.2 Å². The van der Waals surface area contributed by atoms with Crippen LogP contribution < -0.4 is 5.32 Å². The van der Waals surface area contributed by atoms with E-state index in [-0.39, 0.29) is 17.4 Å². The summed E-state index contributed by atoms with van der Waals surface area (Å²) >= 11 is 8.93. The molecular formula is C19H13ClF2N4OS2.